The number of aliphatic hydroxyl groups excluding tert-OH is 1. The van der Waals surface area contributed by atoms with Gasteiger partial charge < -0.3 is 20.5 Å². The van der Waals surface area contributed by atoms with E-state index in [2.05, 4.69) is 36.3 Å². The number of anilines is 1. The number of hydrogen-bond acceptors (Lipinski definition) is 8. The third-order valence-electron chi connectivity index (χ3n) is 3.53. The Kier molecular flexibility index (Phi) is 8.23. The van der Waals surface area contributed by atoms with Gasteiger partial charge in [-0.15, -0.1) is 11.3 Å². The van der Waals surface area contributed by atoms with Crippen molar-refractivity contribution in [2.24, 2.45) is 0 Å². The van der Waals surface area contributed by atoms with Crippen LogP contribution in [0.2, 0.25) is 0 Å². The monoisotopic (exact) mass is 512 g/mol. The van der Waals surface area contributed by atoms with E-state index in [1.165, 1.54) is 7.11 Å². The molecule has 0 atom stereocenters. The number of alkyl carbamates (subject to hydrolysis) is 1. The van der Waals surface area contributed by atoms with Crippen LogP contribution in [0.3, 0.4) is 0 Å². The van der Waals surface area contributed by atoms with Crippen molar-refractivity contribution < 1.29 is 34.0 Å². The Bertz CT molecular complexity index is 1100. The topological polar surface area (TPSA) is 123 Å². The molecule has 166 valence electrons. The molecule has 1 aromatic heterocycles. The molecule has 9 nitrogen and oxygen atoms in total. The maximum absolute atomic E-state index is 12.0. The zero-order valence-corrected chi connectivity index (χ0v) is 19.6. The lowest BCUT2D eigenvalue weighted by molar-refractivity contribution is -0.229. The van der Waals surface area contributed by atoms with Gasteiger partial charge in [-0.05, 0) is 54.4 Å². The van der Waals surface area contributed by atoms with E-state index in [0.29, 0.717) is 15.0 Å². The lowest BCUT2D eigenvalue weighted by atomic mass is 10.1. The van der Waals surface area contributed by atoms with E-state index in [4.69, 9.17) is 4.74 Å². The van der Waals surface area contributed by atoms with Gasteiger partial charge in [-0.25, -0.2) is 9.59 Å². The summed E-state index contributed by atoms with van der Waals surface area (Å²) in [5.74, 6) is 0.783. The Labute approximate surface area is 190 Å². The second-order valence-corrected chi connectivity index (χ2v) is 8.90. The zero-order valence-electron chi connectivity index (χ0n) is 17.2. The Balaban J connectivity index is 2.13. The van der Waals surface area contributed by atoms with Gasteiger partial charge in [0.25, 0.3) is 0 Å². The normalized spacial score (nSPS) is 11.9. The van der Waals surface area contributed by atoms with Crippen LogP contribution in [0.4, 0.5) is 10.5 Å². The summed E-state index contributed by atoms with van der Waals surface area (Å²) in [4.78, 5) is 44.6. The van der Waals surface area contributed by atoms with E-state index >= 15 is 0 Å². The maximum Gasteiger partial charge on any atom is 0.408 e. The molecule has 1 heterocycles. The molecule has 11 heteroatoms. The van der Waals surface area contributed by atoms with Crippen molar-refractivity contribution in [1.82, 2.24) is 5.32 Å². The van der Waals surface area contributed by atoms with E-state index in [9.17, 15) is 19.5 Å². The van der Waals surface area contributed by atoms with Crippen molar-refractivity contribution in [2.45, 2.75) is 26.4 Å². The van der Waals surface area contributed by atoms with Crippen LogP contribution >= 0.6 is 27.3 Å². The fourth-order valence-electron chi connectivity index (χ4n) is 2.33. The Hall–Kier alpha value is -2.85. The van der Waals surface area contributed by atoms with Gasteiger partial charge >= 0.3 is 12.0 Å². The predicted octanol–water partition coefficient (Wildman–Crippen LogP) is 2.35. The van der Waals surface area contributed by atoms with Crippen molar-refractivity contribution in [3.8, 4) is 10.4 Å². The number of nitrogens with one attached hydrogen (secondary N) is 2. The Morgan fingerprint density at radius 1 is 1.23 bits per heavy atom. The molecule has 0 aliphatic carbocycles. The zero-order chi connectivity index (χ0) is 23.2. The van der Waals surface area contributed by atoms with E-state index in [-0.39, 0.29) is 16.3 Å². The summed E-state index contributed by atoms with van der Waals surface area (Å²) >= 11 is 4.43. The molecule has 31 heavy (non-hydrogen) atoms. The molecule has 3 N–H and O–H groups in total. The summed E-state index contributed by atoms with van der Waals surface area (Å²) < 4.78 is 5.66. The summed E-state index contributed by atoms with van der Waals surface area (Å²) in [6.45, 7) is 4.93. The van der Waals surface area contributed by atoms with Crippen LogP contribution < -0.4 is 20.4 Å². The summed E-state index contributed by atoms with van der Waals surface area (Å²) in [6.07, 6.45) is -0.684. The largest absolute Gasteiger partial charge is 0.478 e. The summed E-state index contributed by atoms with van der Waals surface area (Å²) in [5.41, 5.74) is 0.569. The number of amides is 2. The van der Waals surface area contributed by atoms with Crippen molar-refractivity contribution in [3.63, 3.8) is 0 Å². The van der Waals surface area contributed by atoms with Crippen LogP contribution in [0.1, 0.15) is 20.8 Å². The predicted molar refractivity (Wildman–Crippen MR) is 118 cm³/mol. The second-order valence-electron chi connectivity index (χ2n) is 7.09. The van der Waals surface area contributed by atoms with Crippen LogP contribution in [-0.2, 0) is 24.1 Å². The molecule has 0 saturated heterocycles. The minimum absolute atomic E-state index is 0.0974. The molecule has 0 unspecified atom stereocenters. The van der Waals surface area contributed by atoms with E-state index in [1.807, 2.05) is 0 Å². The Morgan fingerprint density at radius 3 is 2.42 bits per heavy atom. The first-order valence-electron chi connectivity index (χ1n) is 8.90. The summed E-state index contributed by atoms with van der Waals surface area (Å²) in [7, 11) is 1.22. The van der Waals surface area contributed by atoms with Crippen LogP contribution in [0, 0.1) is 0 Å². The summed E-state index contributed by atoms with van der Waals surface area (Å²) in [5, 5.41) is 15.0. The van der Waals surface area contributed by atoms with Crippen molar-refractivity contribution in [1.29, 1.82) is 0 Å². The molecule has 1 aromatic carbocycles. The highest BCUT2D eigenvalue weighted by molar-refractivity contribution is 9.10. The van der Waals surface area contributed by atoms with Crippen molar-refractivity contribution in [2.75, 3.05) is 19.0 Å². The van der Waals surface area contributed by atoms with Gasteiger partial charge in [-0.2, -0.15) is 4.89 Å². The average Bonchev–Trinajstić information content (AvgIpc) is 3.02. The molecule has 0 aliphatic rings. The van der Waals surface area contributed by atoms with Crippen LogP contribution in [0.15, 0.2) is 28.7 Å². The molecule has 0 fully saturated rings. The number of thiophene rings is 1. The maximum atomic E-state index is 12.0. The van der Waals surface area contributed by atoms with E-state index in [1.54, 1.807) is 51.0 Å². The number of carbonyl (C=O) groups is 2. The SMILES string of the molecule is COOC(O)=c1sc(-c2ccc(NC(=O)CNC(=O)OC(C)(C)C)cc2)c(Br)c1=C=O. The van der Waals surface area contributed by atoms with Gasteiger partial charge in [0.05, 0.1) is 21.7 Å². The molecule has 0 saturated carbocycles. The van der Waals surface area contributed by atoms with Crippen LogP contribution in [0.5, 0.6) is 0 Å². The molecule has 0 spiro atoms. The molecule has 0 bridgehead atoms. The van der Waals surface area contributed by atoms with Gasteiger partial charge in [0, 0.05) is 5.69 Å². The number of carbonyl (C=O) groups excluding carboxylic acids is 3. The van der Waals surface area contributed by atoms with Gasteiger partial charge in [-0.1, -0.05) is 12.1 Å². The number of rotatable bonds is 6. The molecular formula is C20H21BrN2O7S. The van der Waals surface area contributed by atoms with Gasteiger partial charge in [0.2, 0.25) is 5.91 Å². The second kappa shape index (κ2) is 10.5. The van der Waals surface area contributed by atoms with E-state index in [0.717, 1.165) is 16.9 Å². The lowest BCUT2D eigenvalue weighted by Gasteiger charge is -2.19. The Morgan fingerprint density at radius 2 is 1.87 bits per heavy atom. The summed E-state index contributed by atoms with van der Waals surface area (Å²) in [6, 6.07) is 6.76. The smallest absolute Gasteiger partial charge is 0.408 e. The molecule has 0 radical (unpaired) electrons. The fraction of sp³-hybridized carbons (Fsp3) is 0.300. The molecule has 2 aromatic rings. The minimum Gasteiger partial charge on any atom is -0.478 e. The number of benzene rings is 1. The minimum atomic E-state index is -0.684. The number of halogens is 1. The van der Waals surface area contributed by atoms with Crippen LogP contribution in [-0.4, -0.2) is 42.3 Å². The number of aliphatic hydroxyl groups is 1. The first-order valence-corrected chi connectivity index (χ1v) is 10.5. The van der Waals surface area contributed by atoms with Crippen molar-refractivity contribution >= 4 is 56.8 Å². The third-order valence-corrected chi connectivity index (χ3v) is 5.81. The standard InChI is InChI=1S/C20H21BrN2O7S/c1-20(2,3)29-19(27)22-9-14(25)23-12-7-5-11(6-8-12)16-15(21)13(10-24)17(31-16)18(26)30-28-4/h5-8,26H,9H2,1-4H3,(H,22,27)(H,23,25). The number of ether oxygens (including phenoxy) is 1. The van der Waals surface area contributed by atoms with Gasteiger partial charge in [0.15, 0.2) is 0 Å². The van der Waals surface area contributed by atoms with Gasteiger partial charge in [0.1, 0.15) is 22.6 Å². The molecular weight excluding hydrogens is 492 g/mol. The fourth-order valence-corrected chi connectivity index (χ4v) is 4.23. The lowest BCUT2D eigenvalue weighted by Crippen LogP contribution is -2.37. The highest BCUT2D eigenvalue weighted by Gasteiger charge is 2.17. The highest BCUT2D eigenvalue weighted by atomic mass is 79.9. The highest BCUT2D eigenvalue weighted by Crippen LogP contribution is 2.29. The molecule has 0 aliphatic heterocycles. The molecule has 2 amide bonds. The van der Waals surface area contributed by atoms with Crippen molar-refractivity contribution in [3.05, 3.63) is 38.5 Å². The average molecular weight is 513 g/mol. The first kappa shape index (κ1) is 24.4. The number of hydrogen-bond donors (Lipinski definition) is 3. The third kappa shape index (κ3) is 6.83. The van der Waals surface area contributed by atoms with Gasteiger partial charge in [-0.3, -0.25) is 9.68 Å². The van der Waals surface area contributed by atoms with E-state index < -0.39 is 23.5 Å². The van der Waals surface area contributed by atoms with Crippen LogP contribution in [0.25, 0.3) is 16.4 Å². The molecule has 2 rings (SSSR count). The quantitative estimate of drug-likeness (QED) is 0.400. The first-order chi connectivity index (χ1) is 14.6.